The molecule has 9 nitrogen and oxygen atoms in total. The molecule has 232 valence electrons. The number of amides is 1. The third kappa shape index (κ3) is 9.24. The number of ether oxygens (including phenoxy) is 3. The molecular weight excluding hydrogens is 570 g/mol. The van der Waals surface area contributed by atoms with Gasteiger partial charge in [0.25, 0.3) is 0 Å². The fourth-order valence-corrected chi connectivity index (χ4v) is 6.00. The summed E-state index contributed by atoms with van der Waals surface area (Å²) in [4.78, 5) is 17.2. The van der Waals surface area contributed by atoms with Crippen molar-refractivity contribution in [1.29, 1.82) is 0 Å². The van der Waals surface area contributed by atoms with E-state index in [0.29, 0.717) is 49.7 Å². The number of benzene rings is 2. The quantitative estimate of drug-likeness (QED) is 0.123. The number of pyridine rings is 1. The Hall–Kier alpha value is -4.02. The molecule has 0 bridgehead atoms. The van der Waals surface area contributed by atoms with Gasteiger partial charge in [-0.1, -0.05) is 69.2 Å². The van der Waals surface area contributed by atoms with E-state index in [9.17, 15) is 4.79 Å². The Kier molecular flexibility index (Phi) is 10.8. The fraction of sp³-hybridized carbons (Fsp3) is 0.412. The van der Waals surface area contributed by atoms with Gasteiger partial charge in [0, 0.05) is 50.3 Å². The van der Waals surface area contributed by atoms with Crippen molar-refractivity contribution >= 4 is 14.2 Å². The van der Waals surface area contributed by atoms with E-state index in [1.165, 1.54) is 19.3 Å². The van der Waals surface area contributed by atoms with Gasteiger partial charge in [-0.2, -0.15) is 0 Å². The normalized spacial score (nSPS) is 13.9. The lowest BCUT2D eigenvalue weighted by Crippen LogP contribution is -2.32. The van der Waals surface area contributed by atoms with E-state index in [1.54, 1.807) is 24.8 Å². The number of hydrogen-bond donors (Lipinski definition) is 1. The SMILES string of the molecule is C[Si](C)(C)CCOCn1cnnc1-c1cncc(-c2cc(OC(=O)NCC3CCCCC3)ccc2OCc2ccccc2)c1. The minimum Gasteiger partial charge on any atom is -0.488 e. The smallest absolute Gasteiger partial charge is 0.412 e. The van der Waals surface area contributed by atoms with Crippen LogP contribution in [0, 0.1) is 5.92 Å². The molecule has 1 aliphatic carbocycles. The maximum atomic E-state index is 12.7. The van der Waals surface area contributed by atoms with Crippen LogP contribution in [0.3, 0.4) is 0 Å². The molecule has 4 aromatic rings. The number of carbonyl (C=O) groups is 1. The second-order valence-electron chi connectivity index (χ2n) is 12.6. The van der Waals surface area contributed by atoms with Crippen LogP contribution in [0.5, 0.6) is 11.5 Å². The molecule has 0 saturated heterocycles. The Balaban J connectivity index is 1.35. The van der Waals surface area contributed by atoms with Crippen molar-refractivity contribution in [3.63, 3.8) is 0 Å². The molecular formula is C34H43N5O4Si. The zero-order valence-corrected chi connectivity index (χ0v) is 27.0. The minimum atomic E-state index is -1.19. The van der Waals surface area contributed by atoms with E-state index in [-0.39, 0.29) is 0 Å². The molecule has 2 heterocycles. The molecule has 1 aliphatic rings. The summed E-state index contributed by atoms with van der Waals surface area (Å²) in [7, 11) is -1.19. The molecule has 1 N–H and O–H groups in total. The topological polar surface area (TPSA) is 100 Å². The van der Waals surface area contributed by atoms with Crippen LogP contribution in [0.4, 0.5) is 4.79 Å². The van der Waals surface area contributed by atoms with Crippen molar-refractivity contribution in [2.45, 2.75) is 71.1 Å². The van der Waals surface area contributed by atoms with Crippen LogP contribution in [-0.2, 0) is 18.1 Å². The van der Waals surface area contributed by atoms with Gasteiger partial charge in [-0.25, -0.2) is 4.79 Å². The molecule has 2 aromatic heterocycles. The zero-order chi connectivity index (χ0) is 30.8. The zero-order valence-electron chi connectivity index (χ0n) is 26.0. The lowest BCUT2D eigenvalue weighted by molar-refractivity contribution is 0.0880. The highest BCUT2D eigenvalue weighted by molar-refractivity contribution is 6.76. The van der Waals surface area contributed by atoms with Gasteiger partial charge >= 0.3 is 6.09 Å². The highest BCUT2D eigenvalue weighted by Gasteiger charge is 2.18. The molecule has 1 fully saturated rings. The van der Waals surface area contributed by atoms with Gasteiger partial charge in [0.2, 0.25) is 0 Å². The van der Waals surface area contributed by atoms with Crippen LogP contribution >= 0.6 is 0 Å². The van der Waals surface area contributed by atoms with Crippen LogP contribution in [0.1, 0.15) is 37.7 Å². The van der Waals surface area contributed by atoms with Gasteiger partial charge in [-0.15, -0.1) is 10.2 Å². The largest absolute Gasteiger partial charge is 0.488 e. The van der Waals surface area contributed by atoms with Gasteiger partial charge in [-0.05, 0) is 54.6 Å². The van der Waals surface area contributed by atoms with Crippen LogP contribution < -0.4 is 14.8 Å². The Bertz CT molecular complexity index is 1500. The molecule has 5 rings (SSSR count). The van der Waals surface area contributed by atoms with E-state index in [2.05, 4.69) is 40.1 Å². The van der Waals surface area contributed by atoms with Crippen molar-refractivity contribution in [1.82, 2.24) is 25.1 Å². The number of aromatic nitrogens is 4. The first kappa shape index (κ1) is 31.4. The molecule has 0 spiro atoms. The monoisotopic (exact) mass is 613 g/mol. The van der Waals surface area contributed by atoms with E-state index < -0.39 is 14.2 Å². The van der Waals surface area contributed by atoms with Crippen LogP contribution in [-0.4, -0.2) is 47.1 Å². The van der Waals surface area contributed by atoms with Crippen molar-refractivity contribution in [2.75, 3.05) is 13.2 Å². The number of nitrogens with zero attached hydrogens (tertiary/aromatic N) is 4. The maximum Gasteiger partial charge on any atom is 0.412 e. The van der Waals surface area contributed by atoms with Crippen molar-refractivity contribution in [3.8, 4) is 34.0 Å². The van der Waals surface area contributed by atoms with Crippen molar-refractivity contribution in [3.05, 3.63) is 78.9 Å². The predicted octanol–water partition coefficient (Wildman–Crippen LogP) is 7.57. The number of carbonyl (C=O) groups excluding carboxylic acids is 1. The van der Waals surface area contributed by atoms with Gasteiger partial charge < -0.3 is 19.5 Å². The van der Waals surface area contributed by atoms with E-state index in [1.807, 2.05) is 53.1 Å². The Labute approximate surface area is 261 Å². The van der Waals surface area contributed by atoms with Gasteiger partial charge in [0.05, 0.1) is 0 Å². The lowest BCUT2D eigenvalue weighted by atomic mass is 9.89. The standard InChI is InChI=1S/C34H43N5O4Si/c1-44(2,3)17-16-41-25-39-24-37-38-33(39)29-18-28(21-35-22-29)31-19-30(43-34(40)36-20-26-10-6-4-7-11-26)14-15-32(31)42-23-27-12-8-5-9-13-27/h5,8-9,12-15,18-19,21-22,24,26H,4,6-7,10-11,16-17,20,23,25H2,1-3H3,(H,36,40). The summed E-state index contributed by atoms with van der Waals surface area (Å²) in [6.07, 6.45) is 10.8. The number of nitrogens with one attached hydrogen (secondary N) is 1. The summed E-state index contributed by atoms with van der Waals surface area (Å²) in [5.41, 5.74) is 3.40. The summed E-state index contributed by atoms with van der Waals surface area (Å²) >= 11 is 0. The van der Waals surface area contributed by atoms with Crippen LogP contribution in [0.15, 0.2) is 73.3 Å². The first-order valence-corrected chi connectivity index (χ1v) is 19.2. The Morgan fingerprint density at radius 1 is 1.00 bits per heavy atom. The fourth-order valence-electron chi connectivity index (χ4n) is 5.25. The van der Waals surface area contributed by atoms with E-state index >= 15 is 0 Å². The summed E-state index contributed by atoms with van der Waals surface area (Å²) in [5.74, 6) is 2.26. The second-order valence-corrected chi connectivity index (χ2v) is 18.3. The van der Waals surface area contributed by atoms with Crippen molar-refractivity contribution < 1.29 is 19.0 Å². The minimum absolute atomic E-state index is 0.363. The number of hydrogen-bond acceptors (Lipinski definition) is 7. The van der Waals surface area contributed by atoms with Crippen LogP contribution in [0.25, 0.3) is 22.5 Å². The highest BCUT2D eigenvalue weighted by atomic mass is 28.3. The van der Waals surface area contributed by atoms with E-state index in [0.717, 1.165) is 41.1 Å². The van der Waals surface area contributed by atoms with E-state index in [4.69, 9.17) is 14.2 Å². The summed E-state index contributed by atoms with van der Waals surface area (Å²) < 4.78 is 19.8. The second kappa shape index (κ2) is 15.1. The molecule has 1 amide bonds. The average Bonchev–Trinajstić information content (AvgIpc) is 3.51. The molecule has 1 saturated carbocycles. The van der Waals surface area contributed by atoms with Gasteiger partial charge in [0.1, 0.15) is 31.2 Å². The molecule has 0 aliphatic heterocycles. The molecule has 2 aromatic carbocycles. The number of rotatable bonds is 13. The third-order valence-corrected chi connectivity index (χ3v) is 9.51. The molecule has 0 unspecified atom stereocenters. The summed E-state index contributed by atoms with van der Waals surface area (Å²) in [6.45, 7) is 9.10. The first-order valence-electron chi connectivity index (χ1n) is 15.5. The molecule has 0 atom stereocenters. The highest BCUT2D eigenvalue weighted by Crippen LogP contribution is 2.35. The third-order valence-electron chi connectivity index (χ3n) is 7.81. The lowest BCUT2D eigenvalue weighted by Gasteiger charge is -2.21. The van der Waals surface area contributed by atoms with Gasteiger partial charge in [-0.3, -0.25) is 9.55 Å². The van der Waals surface area contributed by atoms with Crippen molar-refractivity contribution in [2.24, 2.45) is 5.92 Å². The first-order chi connectivity index (χ1) is 21.3. The predicted molar refractivity (Wildman–Crippen MR) is 174 cm³/mol. The molecule has 44 heavy (non-hydrogen) atoms. The average molecular weight is 614 g/mol. The van der Waals surface area contributed by atoms with Gasteiger partial charge in [0.15, 0.2) is 5.82 Å². The molecule has 10 heteroatoms. The summed E-state index contributed by atoms with van der Waals surface area (Å²) in [5, 5.41) is 11.4. The van der Waals surface area contributed by atoms with Crippen LogP contribution in [0.2, 0.25) is 25.7 Å². The summed E-state index contributed by atoms with van der Waals surface area (Å²) in [6, 6.07) is 18.5. The maximum absolute atomic E-state index is 12.7. The molecule has 0 radical (unpaired) electrons. The Morgan fingerprint density at radius 2 is 1.80 bits per heavy atom. The Morgan fingerprint density at radius 3 is 2.59 bits per heavy atom.